The normalized spacial score (nSPS) is 33.0. The monoisotopic (exact) mass is 309 g/mol. The SMILES string of the molecule is CC(C)O[C@H]1C[C@H](N(C[C@H]2CC[C@H](C(C)C)CC2)C(C)C)C1. The van der Waals surface area contributed by atoms with Crippen molar-refractivity contribution in [3.63, 3.8) is 0 Å². The first-order valence-corrected chi connectivity index (χ1v) is 9.78. The molecule has 2 heteroatoms. The molecule has 0 aromatic rings. The highest BCUT2D eigenvalue weighted by Gasteiger charge is 2.37. The summed E-state index contributed by atoms with van der Waals surface area (Å²) in [7, 11) is 0. The van der Waals surface area contributed by atoms with Crippen molar-refractivity contribution in [3.8, 4) is 0 Å². The van der Waals surface area contributed by atoms with Gasteiger partial charge in [0.2, 0.25) is 0 Å². The fourth-order valence-electron chi connectivity index (χ4n) is 4.42. The molecule has 0 unspecified atom stereocenters. The minimum absolute atomic E-state index is 0.379. The van der Waals surface area contributed by atoms with E-state index in [9.17, 15) is 0 Å². The summed E-state index contributed by atoms with van der Waals surface area (Å²) in [6.45, 7) is 15.2. The molecule has 2 fully saturated rings. The Bertz CT molecular complexity index is 312. The number of hydrogen-bond donors (Lipinski definition) is 0. The average molecular weight is 310 g/mol. The van der Waals surface area contributed by atoms with Gasteiger partial charge >= 0.3 is 0 Å². The first kappa shape index (κ1) is 18.3. The minimum Gasteiger partial charge on any atom is -0.375 e. The largest absolute Gasteiger partial charge is 0.375 e. The average Bonchev–Trinajstić information content (AvgIpc) is 2.40. The van der Waals surface area contributed by atoms with Crippen LogP contribution in [0.4, 0.5) is 0 Å². The molecule has 2 nitrogen and oxygen atoms in total. The molecule has 2 rings (SSSR count). The van der Waals surface area contributed by atoms with E-state index in [4.69, 9.17) is 4.74 Å². The summed E-state index contributed by atoms with van der Waals surface area (Å²) < 4.78 is 5.95. The molecule has 0 saturated heterocycles. The van der Waals surface area contributed by atoms with Gasteiger partial charge in [0.1, 0.15) is 0 Å². The Balaban J connectivity index is 1.76. The predicted molar refractivity (Wildman–Crippen MR) is 95.2 cm³/mol. The van der Waals surface area contributed by atoms with Gasteiger partial charge in [-0.25, -0.2) is 0 Å². The lowest BCUT2D eigenvalue weighted by Crippen LogP contribution is -2.52. The van der Waals surface area contributed by atoms with Crippen molar-refractivity contribution in [2.24, 2.45) is 17.8 Å². The second kappa shape index (κ2) is 8.15. The van der Waals surface area contributed by atoms with Crippen LogP contribution in [-0.4, -0.2) is 35.7 Å². The van der Waals surface area contributed by atoms with E-state index in [1.165, 1.54) is 45.1 Å². The van der Waals surface area contributed by atoms with Crippen molar-refractivity contribution in [3.05, 3.63) is 0 Å². The second-order valence-electron chi connectivity index (χ2n) is 8.75. The molecular weight excluding hydrogens is 270 g/mol. The van der Waals surface area contributed by atoms with Gasteiger partial charge in [-0.1, -0.05) is 13.8 Å². The summed E-state index contributed by atoms with van der Waals surface area (Å²) in [4.78, 5) is 2.78. The van der Waals surface area contributed by atoms with Crippen LogP contribution < -0.4 is 0 Å². The number of nitrogens with zero attached hydrogens (tertiary/aromatic N) is 1. The fourth-order valence-corrected chi connectivity index (χ4v) is 4.42. The minimum atomic E-state index is 0.379. The Morgan fingerprint density at radius 3 is 1.95 bits per heavy atom. The highest BCUT2D eigenvalue weighted by molar-refractivity contribution is 4.91. The topological polar surface area (TPSA) is 12.5 Å². The van der Waals surface area contributed by atoms with Crippen LogP contribution >= 0.6 is 0 Å². The number of ether oxygens (including phenoxy) is 1. The Hall–Kier alpha value is -0.0800. The molecule has 0 N–H and O–H groups in total. The van der Waals surface area contributed by atoms with Crippen molar-refractivity contribution in [1.82, 2.24) is 4.90 Å². The van der Waals surface area contributed by atoms with Gasteiger partial charge in [0.25, 0.3) is 0 Å². The van der Waals surface area contributed by atoms with E-state index < -0.39 is 0 Å². The first-order chi connectivity index (χ1) is 10.4. The van der Waals surface area contributed by atoms with Gasteiger partial charge in [-0.05, 0) is 84.0 Å². The molecule has 0 radical (unpaired) electrons. The quantitative estimate of drug-likeness (QED) is 0.647. The summed E-state index contributed by atoms with van der Waals surface area (Å²) >= 11 is 0. The molecule has 22 heavy (non-hydrogen) atoms. The Labute approximate surface area is 139 Å². The molecule has 0 spiro atoms. The lowest BCUT2D eigenvalue weighted by atomic mass is 9.76. The molecule has 2 aliphatic rings. The van der Waals surface area contributed by atoms with E-state index in [0.29, 0.717) is 18.2 Å². The maximum Gasteiger partial charge on any atom is 0.0608 e. The number of rotatable bonds is 7. The highest BCUT2D eigenvalue weighted by atomic mass is 16.5. The summed E-state index contributed by atoms with van der Waals surface area (Å²) in [5.74, 6) is 2.79. The van der Waals surface area contributed by atoms with Gasteiger partial charge in [-0.15, -0.1) is 0 Å². The molecule has 130 valence electrons. The smallest absolute Gasteiger partial charge is 0.0608 e. The molecule has 0 bridgehead atoms. The zero-order chi connectivity index (χ0) is 16.3. The predicted octanol–water partition coefficient (Wildman–Crippen LogP) is 5.12. The molecule has 2 saturated carbocycles. The molecule has 0 amide bonds. The van der Waals surface area contributed by atoms with Crippen molar-refractivity contribution >= 4 is 0 Å². The van der Waals surface area contributed by atoms with Gasteiger partial charge < -0.3 is 4.74 Å². The molecular formula is C20H39NO. The van der Waals surface area contributed by atoms with Gasteiger partial charge in [0.05, 0.1) is 12.2 Å². The van der Waals surface area contributed by atoms with E-state index in [2.05, 4.69) is 46.4 Å². The third-order valence-electron chi connectivity index (χ3n) is 5.97. The van der Waals surface area contributed by atoms with E-state index in [-0.39, 0.29) is 0 Å². The molecule has 0 aromatic carbocycles. The van der Waals surface area contributed by atoms with Crippen LogP contribution in [0.2, 0.25) is 0 Å². The van der Waals surface area contributed by atoms with Crippen LogP contribution in [0.15, 0.2) is 0 Å². The summed E-state index contributed by atoms with van der Waals surface area (Å²) in [5.41, 5.74) is 0. The Morgan fingerprint density at radius 2 is 1.50 bits per heavy atom. The van der Waals surface area contributed by atoms with E-state index >= 15 is 0 Å². The summed E-state index contributed by atoms with van der Waals surface area (Å²) in [6, 6.07) is 1.44. The Morgan fingerprint density at radius 1 is 0.909 bits per heavy atom. The lowest BCUT2D eigenvalue weighted by Gasteiger charge is -2.47. The summed E-state index contributed by atoms with van der Waals surface area (Å²) in [6.07, 6.45) is 9.20. The molecule has 0 atom stereocenters. The number of hydrogen-bond acceptors (Lipinski definition) is 2. The van der Waals surface area contributed by atoms with Crippen LogP contribution in [0, 0.1) is 17.8 Å². The van der Waals surface area contributed by atoms with Gasteiger partial charge in [0, 0.05) is 18.6 Å². The lowest BCUT2D eigenvalue weighted by molar-refractivity contribution is -0.0858. The highest BCUT2D eigenvalue weighted by Crippen LogP contribution is 2.36. The van der Waals surface area contributed by atoms with Crippen molar-refractivity contribution in [2.45, 2.75) is 104 Å². The molecule has 0 aromatic heterocycles. The maximum atomic E-state index is 5.95. The van der Waals surface area contributed by atoms with E-state index in [0.717, 1.165) is 23.8 Å². The van der Waals surface area contributed by atoms with Crippen LogP contribution in [0.25, 0.3) is 0 Å². The van der Waals surface area contributed by atoms with E-state index in [1.54, 1.807) is 0 Å². The van der Waals surface area contributed by atoms with Crippen molar-refractivity contribution < 1.29 is 4.74 Å². The van der Waals surface area contributed by atoms with Crippen LogP contribution in [0.5, 0.6) is 0 Å². The van der Waals surface area contributed by atoms with Gasteiger partial charge in [0.15, 0.2) is 0 Å². The zero-order valence-electron chi connectivity index (χ0n) is 15.8. The summed E-state index contributed by atoms with van der Waals surface area (Å²) in [5, 5.41) is 0. The molecule has 2 aliphatic carbocycles. The van der Waals surface area contributed by atoms with Gasteiger partial charge in [-0.2, -0.15) is 0 Å². The van der Waals surface area contributed by atoms with Crippen LogP contribution in [-0.2, 0) is 4.74 Å². The molecule has 0 aliphatic heterocycles. The van der Waals surface area contributed by atoms with Crippen molar-refractivity contribution in [1.29, 1.82) is 0 Å². The first-order valence-electron chi connectivity index (χ1n) is 9.78. The fraction of sp³-hybridized carbons (Fsp3) is 1.00. The van der Waals surface area contributed by atoms with Gasteiger partial charge in [-0.3, -0.25) is 4.90 Å². The molecule has 0 heterocycles. The second-order valence-corrected chi connectivity index (χ2v) is 8.75. The standard InChI is InChI=1S/C20H39NO/c1-14(2)18-9-7-17(8-10-18)13-21(15(3)4)19-11-20(12-19)22-16(5)6/h14-20H,7-13H2,1-6H3/t17-,18-,19-,20-. The third-order valence-corrected chi connectivity index (χ3v) is 5.97. The van der Waals surface area contributed by atoms with E-state index in [1.807, 2.05) is 0 Å². The Kier molecular flexibility index (Phi) is 6.76. The third kappa shape index (κ3) is 4.96. The zero-order valence-corrected chi connectivity index (χ0v) is 15.8. The maximum absolute atomic E-state index is 5.95. The van der Waals surface area contributed by atoms with Crippen LogP contribution in [0.1, 0.15) is 80.1 Å². The van der Waals surface area contributed by atoms with Crippen molar-refractivity contribution in [2.75, 3.05) is 6.54 Å². The van der Waals surface area contributed by atoms with Crippen LogP contribution in [0.3, 0.4) is 0 Å².